The normalized spacial score (nSPS) is 11.4. The third-order valence-corrected chi connectivity index (χ3v) is 3.60. The number of aromatic amines is 1. The smallest absolute Gasteiger partial charge is 0.198 e. The Balaban J connectivity index is 1.86. The fraction of sp³-hybridized carbons (Fsp3) is 0.0625. The molecule has 0 radical (unpaired) electrons. The van der Waals surface area contributed by atoms with Crippen LogP contribution in [0.4, 0.5) is 0 Å². The van der Waals surface area contributed by atoms with Crippen molar-refractivity contribution in [3.05, 3.63) is 64.1 Å². The Kier molecular flexibility index (Phi) is 3.56. The van der Waals surface area contributed by atoms with Crippen LogP contribution < -0.4 is 0 Å². The van der Waals surface area contributed by atoms with Gasteiger partial charge in [-0.15, -0.1) is 0 Å². The molecule has 3 rings (SSSR count). The van der Waals surface area contributed by atoms with Crippen molar-refractivity contribution in [3.8, 4) is 5.88 Å². The number of nitrogens with one attached hydrogen (secondary N) is 1. The topological polar surface area (TPSA) is 48.4 Å². The molecule has 0 bridgehead atoms. The molecular formula is C16H13BrN2O. The van der Waals surface area contributed by atoms with Crippen LogP contribution in [0.5, 0.6) is 5.88 Å². The molecule has 0 saturated heterocycles. The Labute approximate surface area is 125 Å². The van der Waals surface area contributed by atoms with Crippen LogP contribution in [0.2, 0.25) is 0 Å². The maximum Gasteiger partial charge on any atom is 0.198 e. The van der Waals surface area contributed by atoms with Gasteiger partial charge in [-0.25, -0.2) is 0 Å². The largest absolute Gasteiger partial charge is 0.494 e. The van der Waals surface area contributed by atoms with Crippen LogP contribution in [-0.2, 0) is 6.54 Å². The molecule has 0 aliphatic carbocycles. The molecule has 0 spiro atoms. The highest BCUT2D eigenvalue weighted by atomic mass is 79.9. The van der Waals surface area contributed by atoms with E-state index in [0.717, 1.165) is 26.5 Å². The number of fused-ring (bicyclic) bond motifs is 1. The summed E-state index contributed by atoms with van der Waals surface area (Å²) in [5, 5.41) is 10.9. The Bertz CT molecular complexity index is 777. The van der Waals surface area contributed by atoms with E-state index in [0.29, 0.717) is 6.54 Å². The van der Waals surface area contributed by atoms with Crippen molar-refractivity contribution in [3.63, 3.8) is 0 Å². The van der Waals surface area contributed by atoms with Crippen molar-refractivity contribution in [2.24, 2.45) is 4.99 Å². The maximum atomic E-state index is 9.92. The summed E-state index contributed by atoms with van der Waals surface area (Å²) in [4.78, 5) is 7.35. The minimum Gasteiger partial charge on any atom is -0.494 e. The van der Waals surface area contributed by atoms with Crippen LogP contribution in [0.15, 0.2) is 58.0 Å². The molecule has 20 heavy (non-hydrogen) atoms. The van der Waals surface area contributed by atoms with E-state index >= 15 is 0 Å². The Morgan fingerprint density at radius 2 is 2.00 bits per heavy atom. The summed E-state index contributed by atoms with van der Waals surface area (Å²) in [5.41, 5.74) is 2.76. The number of H-pyrrole nitrogens is 1. The average Bonchev–Trinajstić information content (AvgIpc) is 2.75. The van der Waals surface area contributed by atoms with Crippen molar-refractivity contribution in [2.75, 3.05) is 0 Å². The third-order valence-electron chi connectivity index (χ3n) is 3.11. The zero-order valence-corrected chi connectivity index (χ0v) is 12.3. The summed E-state index contributed by atoms with van der Waals surface area (Å²) < 4.78 is 1.04. The Morgan fingerprint density at radius 1 is 1.15 bits per heavy atom. The third kappa shape index (κ3) is 2.60. The van der Waals surface area contributed by atoms with Gasteiger partial charge in [-0.1, -0.05) is 46.3 Å². The summed E-state index contributed by atoms with van der Waals surface area (Å²) in [6, 6.07) is 15.8. The summed E-state index contributed by atoms with van der Waals surface area (Å²) in [5.74, 6) is 0.157. The molecule has 0 aliphatic heterocycles. The van der Waals surface area contributed by atoms with Crippen molar-refractivity contribution >= 4 is 33.0 Å². The van der Waals surface area contributed by atoms with Gasteiger partial charge >= 0.3 is 0 Å². The highest BCUT2D eigenvalue weighted by molar-refractivity contribution is 9.10. The molecule has 0 unspecified atom stereocenters. The van der Waals surface area contributed by atoms with E-state index in [4.69, 9.17) is 0 Å². The molecule has 0 aliphatic rings. The zero-order chi connectivity index (χ0) is 13.9. The molecule has 0 fully saturated rings. The fourth-order valence-corrected chi connectivity index (χ4v) is 2.60. The molecule has 1 aromatic heterocycles. The molecular weight excluding hydrogens is 316 g/mol. The van der Waals surface area contributed by atoms with E-state index < -0.39 is 0 Å². The lowest BCUT2D eigenvalue weighted by molar-refractivity contribution is 0.457. The van der Waals surface area contributed by atoms with E-state index in [1.54, 1.807) is 6.21 Å². The molecule has 1 heterocycles. The SMILES string of the molecule is Oc1[nH]c2ccccc2c1C=NCc1cccc(Br)c1. The standard InChI is InChI=1S/C16H13BrN2O/c17-12-5-3-4-11(8-12)9-18-10-14-13-6-1-2-7-15(13)19-16(14)20/h1-8,10,19-20H,9H2. The minimum absolute atomic E-state index is 0.157. The van der Waals surface area contributed by atoms with E-state index in [1.165, 1.54) is 0 Å². The number of nitrogens with zero attached hydrogens (tertiary/aromatic N) is 1. The van der Waals surface area contributed by atoms with Gasteiger partial charge in [0.2, 0.25) is 0 Å². The molecule has 2 aromatic carbocycles. The minimum atomic E-state index is 0.157. The van der Waals surface area contributed by atoms with Gasteiger partial charge in [-0.05, 0) is 23.8 Å². The predicted octanol–water partition coefficient (Wildman–Crippen LogP) is 4.26. The van der Waals surface area contributed by atoms with Crippen LogP contribution in [-0.4, -0.2) is 16.3 Å². The number of rotatable bonds is 3. The second kappa shape index (κ2) is 5.51. The summed E-state index contributed by atoms with van der Waals surface area (Å²) in [6.07, 6.45) is 1.72. The highest BCUT2D eigenvalue weighted by Crippen LogP contribution is 2.25. The number of para-hydroxylation sites is 1. The van der Waals surface area contributed by atoms with Gasteiger partial charge in [0.25, 0.3) is 0 Å². The molecule has 3 aromatic rings. The van der Waals surface area contributed by atoms with Gasteiger partial charge in [0.05, 0.1) is 12.1 Å². The molecule has 4 heteroatoms. The number of aliphatic imine (C=N–C) groups is 1. The van der Waals surface area contributed by atoms with Crippen molar-refractivity contribution in [2.45, 2.75) is 6.54 Å². The van der Waals surface area contributed by atoms with Gasteiger partial charge in [-0.3, -0.25) is 4.99 Å². The number of halogens is 1. The van der Waals surface area contributed by atoms with Gasteiger partial charge < -0.3 is 10.1 Å². The number of aromatic nitrogens is 1. The number of benzene rings is 2. The van der Waals surface area contributed by atoms with Crippen LogP contribution in [0.1, 0.15) is 11.1 Å². The van der Waals surface area contributed by atoms with E-state index in [1.807, 2.05) is 48.5 Å². The summed E-state index contributed by atoms with van der Waals surface area (Å²) in [7, 11) is 0. The van der Waals surface area contributed by atoms with E-state index in [9.17, 15) is 5.11 Å². The second-order valence-corrected chi connectivity index (χ2v) is 5.45. The Morgan fingerprint density at radius 3 is 2.85 bits per heavy atom. The summed E-state index contributed by atoms with van der Waals surface area (Å²) >= 11 is 3.44. The summed E-state index contributed by atoms with van der Waals surface area (Å²) in [6.45, 7) is 0.582. The van der Waals surface area contributed by atoms with Gasteiger partial charge in [0.1, 0.15) is 0 Å². The monoisotopic (exact) mass is 328 g/mol. The number of hydrogen-bond donors (Lipinski definition) is 2. The van der Waals surface area contributed by atoms with Crippen molar-refractivity contribution in [1.29, 1.82) is 0 Å². The second-order valence-electron chi connectivity index (χ2n) is 4.53. The van der Waals surface area contributed by atoms with Crippen LogP contribution in [0, 0.1) is 0 Å². The maximum absolute atomic E-state index is 9.92. The van der Waals surface area contributed by atoms with Gasteiger partial charge in [0.15, 0.2) is 5.88 Å². The van der Waals surface area contributed by atoms with Crippen LogP contribution in [0.25, 0.3) is 10.9 Å². The first-order valence-electron chi connectivity index (χ1n) is 6.28. The molecule has 3 nitrogen and oxygen atoms in total. The van der Waals surface area contributed by atoms with Crippen LogP contribution >= 0.6 is 15.9 Å². The first-order chi connectivity index (χ1) is 9.74. The first kappa shape index (κ1) is 12.9. The highest BCUT2D eigenvalue weighted by Gasteiger charge is 2.07. The van der Waals surface area contributed by atoms with Crippen molar-refractivity contribution < 1.29 is 5.11 Å². The van der Waals surface area contributed by atoms with Crippen molar-refractivity contribution in [1.82, 2.24) is 4.98 Å². The van der Waals surface area contributed by atoms with E-state index in [-0.39, 0.29) is 5.88 Å². The molecule has 0 saturated carbocycles. The fourth-order valence-electron chi connectivity index (χ4n) is 2.16. The molecule has 2 N–H and O–H groups in total. The van der Waals surface area contributed by atoms with Crippen LogP contribution in [0.3, 0.4) is 0 Å². The zero-order valence-electron chi connectivity index (χ0n) is 10.7. The molecule has 0 amide bonds. The molecule has 100 valence electrons. The number of hydrogen-bond acceptors (Lipinski definition) is 2. The Hall–Kier alpha value is -2.07. The lowest BCUT2D eigenvalue weighted by Crippen LogP contribution is -1.84. The van der Waals surface area contributed by atoms with Gasteiger partial charge in [-0.2, -0.15) is 0 Å². The van der Waals surface area contributed by atoms with E-state index in [2.05, 4.69) is 25.9 Å². The lowest BCUT2D eigenvalue weighted by Gasteiger charge is -1.97. The average molecular weight is 329 g/mol. The van der Waals surface area contributed by atoms with Gasteiger partial charge in [0, 0.05) is 21.6 Å². The quantitative estimate of drug-likeness (QED) is 0.693. The predicted molar refractivity (Wildman–Crippen MR) is 85.4 cm³/mol. The lowest BCUT2D eigenvalue weighted by atomic mass is 10.2. The first-order valence-corrected chi connectivity index (χ1v) is 7.07. The number of aromatic hydroxyl groups is 1. The molecule has 0 atom stereocenters.